The third-order valence-electron chi connectivity index (χ3n) is 3.49. The minimum absolute atomic E-state index is 0.168. The van der Waals surface area contributed by atoms with Gasteiger partial charge in [-0.1, -0.05) is 0 Å². The topological polar surface area (TPSA) is 81.4 Å². The van der Waals surface area contributed by atoms with Crippen molar-refractivity contribution in [3.63, 3.8) is 0 Å². The summed E-state index contributed by atoms with van der Waals surface area (Å²) in [6.45, 7) is 4.20. The molecule has 3 rings (SSSR count). The molecular weight excluding hydrogens is 340 g/mol. The molecule has 7 heteroatoms. The van der Waals surface area contributed by atoms with Gasteiger partial charge in [0.25, 0.3) is 10.0 Å². The molecule has 0 spiro atoms. The molecule has 0 radical (unpaired) electrons. The Kier molecular flexibility index (Phi) is 4.76. The number of anilines is 1. The van der Waals surface area contributed by atoms with Crippen LogP contribution in [0, 0.1) is 6.92 Å². The van der Waals surface area contributed by atoms with Crippen LogP contribution in [0.3, 0.4) is 0 Å². The number of nitrogens with zero attached hydrogens (tertiary/aromatic N) is 1. The first kappa shape index (κ1) is 17.0. The van der Waals surface area contributed by atoms with E-state index < -0.39 is 10.0 Å². The minimum Gasteiger partial charge on any atom is -0.494 e. The number of aromatic nitrogens is 1. The van der Waals surface area contributed by atoms with Crippen LogP contribution in [0.15, 0.2) is 64.0 Å². The third-order valence-corrected chi connectivity index (χ3v) is 4.89. The Balaban J connectivity index is 1.77. The fourth-order valence-corrected chi connectivity index (χ4v) is 3.35. The van der Waals surface area contributed by atoms with Crippen LogP contribution in [0.2, 0.25) is 0 Å². The maximum Gasteiger partial charge on any atom is 0.261 e. The minimum atomic E-state index is -3.67. The van der Waals surface area contributed by atoms with Gasteiger partial charge in [0, 0.05) is 18.2 Å². The second kappa shape index (κ2) is 6.98. The van der Waals surface area contributed by atoms with E-state index in [4.69, 9.17) is 9.15 Å². The van der Waals surface area contributed by atoms with Crippen LogP contribution < -0.4 is 9.46 Å². The fraction of sp³-hybridized carbons (Fsp3) is 0.167. The molecule has 0 saturated heterocycles. The molecule has 1 aromatic heterocycles. The van der Waals surface area contributed by atoms with Crippen molar-refractivity contribution in [1.29, 1.82) is 0 Å². The van der Waals surface area contributed by atoms with Gasteiger partial charge in [-0.2, -0.15) is 0 Å². The van der Waals surface area contributed by atoms with Crippen LogP contribution in [0.5, 0.6) is 5.75 Å². The van der Waals surface area contributed by atoms with Gasteiger partial charge in [-0.05, 0) is 55.5 Å². The van der Waals surface area contributed by atoms with E-state index in [-0.39, 0.29) is 4.90 Å². The monoisotopic (exact) mass is 358 g/mol. The highest BCUT2D eigenvalue weighted by Crippen LogP contribution is 2.24. The SMILES string of the molecule is CCOc1ccc(NS(=O)(=O)c2ccc(-c3cnc(C)o3)cc2)cc1. The zero-order valence-corrected chi connectivity index (χ0v) is 14.7. The molecule has 6 nitrogen and oxygen atoms in total. The Morgan fingerprint density at radius 3 is 2.32 bits per heavy atom. The molecule has 0 unspecified atom stereocenters. The summed E-state index contributed by atoms with van der Waals surface area (Å²) in [5.74, 6) is 1.85. The van der Waals surface area contributed by atoms with E-state index in [1.165, 1.54) is 12.1 Å². The van der Waals surface area contributed by atoms with Crippen molar-refractivity contribution in [2.45, 2.75) is 18.7 Å². The van der Waals surface area contributed by atoms with E-state index in [9.17, 15) is 8.42 Å². The molecule has 3 aromatic rings. The van der Waals surface area contributed by atoms with E-state index in [2.05, 4.69) is 9.71 Å². The number of ether oxygens (including phenoxy) is 1. The molecule has 1 heterocycles. The normalized spacial score (nSPS) is 11.3. The molecule has 25 heavy (non-hydrogen) atoms. The van der Waals surface area contributed by atoms with Crippen molar-refractivity contribution < 1.29 is 17.6 Å². The molecule has 1 N–H and O–H groups in total. The van der Waals surface area contributed by atoms with Crippen molar-refractivity contribution in [1.82, 2.24) is 4.98 Å². The van der Waals surface area contributed by atoms with Crippen molar-refractivity contribution >= 4 is 15.7 Å². The number of sulfonamides is 1. The van der Waals surface area contributed by atoms with Gasteiger partial charge in [-0.25, -0.2) is 13.4 Å². The van der Waals surface area contributed by atoms with Gasteiger partial charge in [0.05, 0.1) is 17.7 Å². The number of oxazole rings is 1. The van der Waals surface area contributed by atoms with Crippen LogP contribution in [0.1, 0.15) is 12.8 Å². The summed E-state index contributed by atoms with van der Waals surface area (Å²) in [4.78, 5) is 4.20. The zero-order chi connectivity index (χ0) is 17.9. The molecular formula is C18H18N2O4S. The highest BCUT2D eigenvalue weighted by atomic mass is 32.2. The first-order valence-corrected chi connectivity index (χ1v) is 9.25. The Labute approximate surface area is 146 Å². The molecule has 0 aliphatic rings. The van der Waals surface area contributed by atoms with Crippen LogP contribution in [0.25, 0.3) is 11.3 Å². The van der Waals surface area contributed by atoms with E-state index in [0.717, 1.165) is 5.56 Å². The van der Waals surface area contributed by atoms with Gasteiger partial charge in [0.15, 0.2) is 11.7 Å². The standard InChI is InChI=1S/C18H18N2O4S/c1-3-23-16-8-6-15(7-9-16)20-25(21,22)17-10-4-14(5-11-17)18-12-19-13(2)24-18/h4-12,20H,3H2,1-2H3. The lowest BCUT2D eigenvalue weighted by atomic mass is 10.2. The molecule has 2 aromatic carbocycles. The van der Waals surface area contributed by atoms with E-state index in [0.29, 0.717) is 29.7 Å². The maximum atomic E-state index is 12.5. The van der Waals surface area contributed by atoms with E-state index >= 15 is 0 Å². The summed E-state index contributed by atoms with van der Waals surface area (Å²) in [5.41, 5.74) is 1.24. The second-order valence-corrected chi connectivity index (χ2v) is 7.01. The van der Waals surface area contributed by atoms with E-state index in [1.807, 2.05) is 6.92 Å². The van der Waals surface area contributed by atoms with Gasteiger partial charge >= 0.3 is 0 Å². The number of hydrogen-bond acceptors (Lipinski definition) is 5. The number of hydrogen-bond donors (Lipinski definition) is 1. The highest BCUT2D eigenvalue weighted by Gasteiger charge is 2.15. The molecule has 0 fully saturated rings. The second-order valence-electron chi connectivity index (χ2n) is 5.33. The quantitative estimate of drug-likeness (QED) is 0.724. The average molecular weight is 358 g/mol. The van der Waals surface area contributed by atoms with Gasteiger partial charge in [-0.15, -0.1) is 0 Å². The Morgan fingerprint density at radius 2 is 1.76 bits per heavy atom. The van der Waals surface area contributed by atoms with Gasteiger partial charge < -0.3 is 9.15 Å². The Morgan fingerprint density at radius 1 is 1.08 bits per heavy atom. The van der Waals surface area contributed by atoms with Crippen molar-refractivity contribution in [3.8, 4) is 17.1 Å². The maximum absolute atomic E-state index is 12.5. The summed E-state index contributed by atoms with van der Waals surface area (Å²) < 4.78 is 38.3. The molecule has 0 saturated carbocycles. The van der Waals surface area contributed by atoms with E-state index in [1.54, 1.807) is 49.5 Å². The summed E-state index contributed by atoms with van der Waals surface area (Å²) in [5, 5.41) is 0. The van der Waals surface area contributed by atoms with Crippen LogP contribution in [0.4, 0.5) is 5.69 Å². The van der Waals surface area contributed by atoms with Crippen LogP contribution >= 0.6 is 0 Å². The van der Waals surface area contributed by atoms with Crippen molar-refractivity contribution in [2.24, 2.45) is 0 Å². The lowest BCUT2D eigenvalue weighted by Gasteiger charge is -2.09. The fourth-order valence-electron chi connectivity index (χ4n) is 2.29. The lowest BCUT2D eigenvalue weighted by Crippen LogP contribution is -2.12. The van der Waals surface area contributed by atoms with Gasteiger partial charge in [0.1, 0.15) is 5.75 Å². The lowest BCUT2D eigenvalue weighted by molar-refractivity contribution is 0.340. The Bertz CT molecular complexity index is 946. The summed E-state index contributed by atoms with van der Waals surface area (Å²) in [6, 6.07) is 13.2. The zero-order valence-electron chi connectivity index (χ0n) is 13.9. The highest BCUT2D eigenvalue weighted by molar-refractivity contribution is 7.92. The first-order chi connectivity index (χ1) is 12.0. The first-order valence-electron chi connectivity index (χ1n) is 7.76. The number of benzene rings is 2. The largest absolute Gasteiger partial charge is 0.494 e. The molecule has 0 aliphatic carbocycles. The molecule has 0 aliphatic heterocycles. The van der Waals surface area contributed by atoms with Crippen LogP contribution in [-0.4, -0.2) is 20.0 Å². The number of aryl methyl sites for hydroxylation is 1. The summed E-state index contributed by atoms with van der Waals surface area (Å²) in [6.07, 6.45) is 1.61. The van der Waals surface area contributed by atoms with Crippen molar-refractivity contribution in [3.05, 3.63) is 60.6 Å². The summed E-state index contributed by atoms with van der Waals surface area (Å²) in [7, 11) is -3.67. The molecule has 130 valence electrons. The van der Waals surface area contributed by atoms with Gasteiger partial charge in [0.2, 0.25) is 0 Å². The summed E-state index contributed by atoms with van der Waals surface area (Å²) >= 11 is 0. The predicted octanol–water partition coefficient (Wildman–Crippen LogP) is 3.85. The van der Waals surface area contributed by atoms with Gasteiger partial charge in [-0.3, -0.25) is 4.72 Å². The predicted molar refractivity (Wildman–Crippen MR) is 95.1 cm³/mol. The molecule has 0 amide bonds. The molecule has 0 bridgehead atoms. The van der Waals surface area contributed by atoms with Crippen LogP contribution in [-0.2, 0) is 10.0 Å². The third kappa shape index (κ3) is 4.00. The number of rotatable bonds is 6. The average Bonchev–Trinajstić information content (AvgIpc) is 3.03. The number of nitrogens with one attached hydrogen (secondary N) is 1. The Hall–Kier alpha value is -2.80. The smallest absolute Gasteiger partial charge is 0.261 e. The van der Waals surface area contributed by atoms with Crippen molar-refractivity contribution in [2.75, 3.05) is 11.3 Å². The molecule has 0 atom stereocenters.